The van der Waals surface area contributed by atoms with Crippen molar-refractivity contribution in [2.75, 3.05) is 12.4 Å². The highest BCUT2D eigenvalue weighted by molar-refractivity contribution is 5.91. The van der Waals surface area contributed by atoms with Gasteiger partial charge in [0.25, 0.3) is 0 Å². The number of phenols is 1. The number of methoxy groups -OCH3 is 1. The van der Waals surface area contributed by atoms with Gasteiger partial charge in [0.1, 0.15) is 11.5 Å². The number of amides is 1. The number of aromatic hydroxyl groups is 1. The average Bonchev–Trinajstić information content (AvgIpc) is 2.68. The zero-order valence-electron chi connectivity index (χ0n) is 14.6. The lowest BCUT2D eigenvalue weighted by Crippen LogP contribution is -2.16. The zero-order chi connectivity index (χ0) is 18.4. The molecule has 0 heterocycles. The molecule has 0 aliphatic rings. The summed E-state index contributed by atoms with van der Waals surface area (Å²) in [6, 6.07) is 24.1. The number of para-hydroxylation sites is 1. The van der Waals surface area contributed by atoms with Gasteiger partial charge in [0, 0.05) is 23.6 Å². The molecule has 26 heavy (non-hydrogen) atoms. The second-order valence-electron chi connectivity index (χ2n) is 6.00. The molecule has 2 N–H and O–H groups in total. The topological polar surface area (TPSA) is 58.6 Å². The van der Waals surface area contributed by atoms with E-state index in [0.717, 1.165) is 16.9 Å². The molecule has 0 spiro atoms. The minimum atomic E-state index is -0.226. The first-order chi connectivity index (χ1) is 12.7. The maximum absolute atomic E-state index is 12.6. The van der Waals surface area contributed by atoms with Crippen LogP contribution in [0.2, 0.25) is 0 Å². The first-order valence-electron chi connectivity index (χ1n) is 8.44. The van der Waals surface area contributed by atoms with Crippen LogP contribution in [0.5, 0.6) is 11.5 Å². The van der Waals surface area contributed by atoms with Crippen molar-refractivity contribution in [2.24, 2.45) is 0 Å². The second-order valence-corrected chi connectivity index (χ2v) is 6.00. The number of carbonyl (C=O) groups is 1. The third-order valence-electron chi connectivity index (χ3n) is 4.28. The number of carbonyl (C=O) groups excluding carboxylic acids is 1. The Balaban J connectivity index is 1.81. The summed E-state index contributed by atoms with van der Waals surface area (Å²) in [6.45, 7) is 0. The third-order valence-corrected chi connectivity index (χ3v) is 4.28. The van der Waals surface area contributed by atoms with Crippen LogP contribution in [-0.4, -0.2) is 18.1 Å². The lowest BCUT2D eigenvalue weighted by molar-refractivity contribution is -0.116. The van der Waals surface area contributed by atoms with E-state index in [9.17, 15) is 9.90 Å². The Labute approximate surface area is 153 Å². The molecule has 0 radical (unpaired) electrons. The van der Waals surface area contributed by atoms with Gasteiger partial charge in [-0.2, -0.15) is 0 Å². The predicted octanol–water partition coefficient (Wildman–Crippen LogP) is 4.56. The quantitative estimate of drug-likeness (QED) is 0.687. The van der Waals surface area contributed by atoms with E-state index in [2.05, 4.69) is 5.32 Å². The fourth-order valence-electron chi connectivity index (χ4n) is 2.95. The Bertz CT molecular complexity index is 860. The highest BCUT2D eigenvalue weighted by Crippen LogP contribution is 2.34. The van der Waals surface area contributed by atoms with Gasteiger partial charge >= 0.3 is 0 Å². The Kier molecular flexibility index (Phi) is 5.54. The molecule has 132 valence electrons. The summed E-state index contributed by atoms with van der Waals surface area (Å²) in [5.74, 6) is 0.584. The van der Waals surface area contributed by atoms with Crippen LogP contribution in [0.3, 0.4) is 0 Å². The van der Waals surface area contributed by atoms with Crippen molar-refractivity contribution in [1.29, 1.82) is 0 Å². The smallest absolute Gasteiger partial charge is 0.225 e. The number of hydrogen-bond donors (Lipinski definition) is 2. The lowest BCUT2D eigenvalue weighted by atomic mass is 9.87. The third kappa shape index (κ3) is 4.22. The Morgan fingerprint density at radius 1 is 0.962 bits per heavy atom. The lowest BCUT2D eigenvalue weighted by Gasteiger charge is -2.19. The molecular formula is C22H21NO3. The van der Waals surface area contributed by atoms with Crippen molar-refractivity contribution < 1.29 is 14.6 Å². The monoisotopic (exact) mass is 347 g/mol. The molecule has 1 amide bonds. The Morgan fingerprint density at radius 3 is 2.27 bits per heavy atom. The van der Waals surface area contributed by atoms with E-state index in [0.29, 0.717) is 5.69 Å². The minimum Gasteiger partial charge on any atom is -0.508 e. The fraction of sp³-hybridized carbons (Fsp3) is 0.136. The SMILES string of the molecule is COc1ccc(NC(=O)C[C@@H](c2ccccc2)c2ccccc2O)cc1. The zero-order valence-corrected chi connectivity index (χ0v) is 14.6. The maximum Gasteiger partial charge on any atom is 0.225 e. The van der Waals surface area contributed by atoms with Gasteiger partial charge in [-0.25, -0.2) is 0 Å². The molecule has 0 fully saturated rings. The highest BCUT2D eigenvalue weighted by atomic mass is 16.5. The summed E-state index contributed by atoms with van der Waals surface area (Å²) in [7, 11) is 1.60. The number of nitrogens with one attached hydrogen (secondary N) is 1. The van der Waals surface area contributed by atoms with Crippen LogP contribution in [0.15, 0.2) is 78.9 Å². The largest absolute Gasteiger partial charge is 0.508 e. The maximum atomic E-state index is 12.6. The molecule has 4 nitrogen and oxygen atoms in total. The van der Waals surface area contributed by atoms with E-state index < -0.39 is 0 Å². The van der Waals surface area contributed by atoms with Crippen LogP contribution < -0.4 is 10.1 Å². The average molecular weight is 347 g/mol. The fourth-order valence-corrected chi connectivity index (χ4v) is 2.95. The van der Waals surface area contributed by atoms with E-state index in [1.807, 2.05) is 42.5 Å². The van der Waals surface area contributed by atoms with Gasteiger partial charge in [-0.1, -0.05) is 48.5 Å². The Hall–Kier alpha value is -3.27. The van der Waals surface area contributed by atoms with E-state index in [1.165, 1.54) is 0 Å². The number of rotatable bonds is 6. The molecule has 3 aromatic rings. The van der Waals surface area contributed by atoms with Crippen LogP contribution in [-0.2, 0) is 4.79 Å². The van der Waals surface area contributed by atoms with Gasteiger partial charge in [0.05, 0.1) is 7.11 Å². The molecule has 0 aliphatic heterocycles. The summed E-state index contributed by atoms with van der Waals surface area (Å²) in [5.41, 5.74) is 2.43. The molecule has 0 unspecified atom stereocenters. The van der Waals surface area contributed by atoms with Crippen LogP contribution in [0, 0.1) is 0 Å². The Morgan fingerprint density at radius 2 is 1.62 bits per heavy atom. The standard InChI is InChI=1S/C22H21NO3/c1-26-18-13-11-17(12-14-18)23-22(25)15-20(16-7-3-2-4-8-16)19-9-5-6-10-21(19)24/h2-14,20,24H,15H2,1H3,(H,23,25)/t20-/m0/s1. The van der Waals surface area contributed by atoms with Crippen LogP contribution in [0.1, 0.15) is 23.5 Å². The number of benzene rings is 3. The van der Waals surface area contributed by atoms with E-state index in [4.69, 9.17) is 4.74 Å². The number of phenolic OH excluding ortho intramolecular Hbond substituents is 1. The number of anilines is 1. The second kappa shape index (κ2) is 8.21. The van der Waals surface area contributed by atoms with Crippen molar-refractivity contribution in [3.05, 3.63) is 90.0 Å². The molecule has 0 saturated carbocycles. The van der Waals surface area contributed by atoms with Gasteiger partial charge < -0.3 is 15.2 Å². The number of ether oxygens (including phenoxy) is 1. The summed E-state index contributed by atoms with van der Waals surface area (Å²) < 4.78 is 5.13. The van der Waals surface area contributed by atoms with Crippen molar-refractivity contribution in [3.63, 3.8) is 0 Å². The van der Waals surface area contributed by atoms with Crippen LogP contribution in [0.25, 0.3) is 0 Å². The van der Waals surface area contributed by atoms with Gasteiger partial charge in [-0.3, -0.25) is 4.79 Å². The molecule has 3 aromatic carbocycles. The van der Waals surface area contributed by atoms with Gasteiger partial charge in [-0.05, 0) is 35.9 Å². The summed E-state index contributed by atoms with van der Waals surface area (Å²) in [6.07, 6.45) is 0.230. The molecule has 4 heteroatoms. The first kappa shape index (κ1) is 17.5. The van der Waals surface area contributed by atoms with Gasteiger partial charge in [-0.15, -0.1) is 0 Å². The normalized spacial score (nSPS) is 11.6. The van der Waals surface area contributed by atoms with Crippen LogP contribution in [0.4, 0.5) is 5.69 Å². The number of hydrogen-bond acceptors (Lipinski definition) is 3. The first-order valence-corrected chi connectivity index (χ1v) is 8.44. The minimum absolute atomic E-state index is 0.118. The summed E-state index contributed by atoms with van der Waals surface area (Å²) in [5, 5.41) is 13.2. The predicted molar refractivity (Wildman–Crippen MR) is 103 cm³/mol. The molecule has 0 aromatic heterocycles. The van der Waals surface area contributed by atoms with Gasteiger partial charge in [0.15, 0.2) is 0 Å². The van der Waals surface area contributed by atoms with Crippen molar-refractivity contribution in [1.82, 2.24) is 0 Å². The van der Waals surface area contributed by atoms with E-state index >= 15 is 0 Å². The van der Waals surface area contributed by atoms with Crippen molar-refractivity contribution in [2.45, 2.75) is 12.3 Å². The molecule has 0 bridgehead atoms. The molecule has 0 aliphatic carbocycles. The summed E-state index contributed by atoms with van der Waals surface area (Å²) in [4.78, 5) is 12.6. The molecule has 1 atom stereocenters. The highest BCUT2D eigenvalue weighted by Gasteiger charge is 2.21. The van der Waals surface area contributed by atoms with E-state index in [1.54, 1.807) is 43.5 Å². The molecule has 0 saturated heterocycles. The molecule has 3 rings (SSSR count). The summed E-state index contributed by atoms with van der Waals surface area (Å²) >= 11 is 0. The van der Waals surface area contributed by atoms with Crippen molar-refractivity contribution in [3.8, 4) is 11.5 Å². The van der Waals surface area contributed by atoms with E-state index in [-0.39, 0.29) is 24.0 Å². The van der Waals surface area contributed by atoms with Crippen molar-refractivity contribution >= 4 is 11.6 Å². The van der Waals surface area contributed by atoms with Gasteiger partial charge in [0.2, 0.25) is 5.91 Å². The molecular weight excluding hydrogens is 326 g/mol. The van der Waals surface area contributed by atoms with Crippen LogP contribution >= 0.6 is 0 Å².